The van der Waals surface area contributed by atoms with E-state index in [4.69, 9.17) is 10.5 Å². The average Bonchev–Trinajstić information content (AvgIpc) is 2.80. The Kier molecular flexibility index (Phi) is 4.89. The van der Waals surface area contributed by atoms with Crippen molar-refractivity contribution >= 4 is 11.3 Å². The lowest BCUT2D eigenvalue weighted by atomic mass is 10.0. The summed E-state index contributed by atoms with van der Waals surface area (Å²) < 4.78 is 5.55. The highest BCUT2D eigenvalue weighted by molar-refractivity contribution is 7.09. The van der Waals surface area contributed by atoms with Crippen LogP contribution in [0.25, 0.3) is 0 Å². The smallest absolute Gasteiger partial charge is 0.125 e. The highest BCUT2D eigenvalue weighted by atomic mass is 32.1. The molecular formula is C12H22N2OS. The summed E-state index contributed by atoms with van der Waals surface area (Å²) in [7, 11) is 1.74. The van der Waals surface area contributed by atoms with Crippen molar-refractivity contribution in [1.29, 1.82) is 0 Å². The normalized spacial score (nSPS) is 17.1. The molecule has 0 radical (unpaired) electrons. The predicted octanol–water partition coefficient (Wildman–Crippen LogP) is 2.87. The number of ether oxygens (including phenoxy) is 1. The Balaban J connectivity index is 2.93. The molecule has 4 heteroatoms. The highest BCUT2D eigenvalue weighted by Gasteiger charge is 2.28. The lowest BCUT2D eigenvalue weighted by Crippen LogP contribution is -2.23. The van der Waals surface area contributed by atoms with Gasteiger partial charge in [0, 0.05) is 25.0 Å². The van der Waals surface area contributed by atoms with E-state index in [1.807, 2.05) is 0 Å². The van der Waals surface area contributed by atoms with Gasteiger partial charge < -0.3 is 10.5 Å². The molecule has 0 aliphatic rings. The molecule has 16 heavy (non-hydrogen) atoms. The molecule has 0 saturated heterocycles. The fourth-order valence-electron chi connectivity index (χ4n) is 1.60. The van der Waals surface area contributed by atoms with Gasteiger partial charge in [-0.05, 0) is 19.8 Å². The molecule has 3 nitrogen and oxygen atoms in total. The van der Waals surface area contributed by atoms with E-state index in [1.54, 1.807) is 18.4 Å². The molecule has 0 saturated carbocycles. The maximum atomic E-state index is 5.73. The summed E-state index contributed by atoms with van der Waals surface area (Å²) in [6, 6.07) is 0. The Bertz CT molecular complexity index is 317. The second-order valence-electron chi connectivity index (χ2n) is 4.21. The van der Waals surface area contributed by atoms with Crippen molar-refractivity contribution in [3.8, 4) is 0 Å². The lowest BCUT2D eigenvalue weighted by Gasteiger charge is -2.23. The molecule has 1 aromatic heterocycles. The summed E-state index contributed by atoms with van der Waals surface area (Å²) in [4.78, 5) is 4.68. The van der Waals surface area contributed by atoms with Crippen LogP contribution in [-0.2, 0) is 10.3 Å². The van der Waals surface area contributed by atoms with Crippen molar-refractivity contribution < 1.29 is 4.74 Å². The number of rotatable bonds is 6. The summed E-state index contributed by atoms with van der Waals surface area (Å²) in [6.07, 6.45) is 1.96. The van der Waals surface area contributed by atoms with E-state index >= 15 is 0 Å². The van der Waals surface area contributed by atoms with Crippen LogP contribution in [0.2, 0.25) is 0 Å². The van der Waals surface area contributed by atoms with Crippen molar-refractivity contribution in [3.63, 3.8) is 0 Å². The van der Waals surface area contributed by atoms with Crippen LogP contribution in [0, 0.1) is 0 Å². The second-order valence-corrected chi connectivity index (χ2v) is 5.07. The van der Waals surface area contributed by atoms with Crippen molar-refractivity contribution in [2.75, 3.05) is 13.7 Å². The first-order valence-corrected chi connectivity index (χ1v) is 6.70. The minimum Gasteiger partial charge on any atom is -0.371 e. The molecule has 1 rings (SSSR count). The first kappa shape index (κ1) is 13.6. The van der Waals surface area contributed by atoms with Crippen LogP contribution in [0.5, 0.6) is 0 Å². The van der Waals surface area contributed by atoms with E-state index < -0.39 is 0 Å². The monoisotopic (exact) mass is 242 g/mol. The van der Waals surface area contributed by atoms with Crippen molar-refractivity contribution in [3.05, 3.63) is 16.1 Å². The summed E-state index contributed by atoms with van der Waals surface area (Å²) in [5.41, 5.74) is 6.59. The molecule has 0 aliphatic heterocycles. The third-order valence-corrected chi connectivity index (χ3v) is 4.40. The molecule has 2 atom stereocenters. The van der Waals surface area contributed by atoms with Crippen LogP contribution in [0.4, 0.5) is 0 Å². The van der Waals surface area contributed by atoms with Gasteiger partial charge in [-0.2, -0.15) is 0 Å². The standard InChI is InChI=1S/C12H22N2OS/c1-5-9(7-13)10-8-16-11(14-10)12(3,6-2)15-4/h8-9H,5-7,13H2,1-4H3. The summed E-state index contributed by atoms with van der Waals surface area (Å²) in [5.74, 6) is 0.378. The fraction of sp³-hybridized carbons (Fsp3) is 0.750. The molecular weight excluding hydrogens is 220 g/mol. The molecule has 0 fully saturated rings. The minimum atomic E-state index is -0.254. The highest BCUT2D eigenvalue weighted by Crippen LogP contribution is 2.32. The third-order valence-electron chi connectivity index (χ3n) is 3.30. The first-order valence-electron chi connectivity index (χ1n) is 5.82. The number of nitrogens with two attached hydrogens (primary N) is 1. The van der Waals surface area contributed by atoms with Gasteiger partial charge in [0.05, 0.1) is 5.69 Å². The Morgan fingerprint density at radius 2 is 2.25 bits per heavy atom. The van der Waals surface area contributed by atoms with Gasteiger partial charge in [0.15, 0.2) is 0 Å². The minimum absolute atomic E-state index is 0.254. The molecule has 0 aromatic carbocycles. The Labute approximate surface area is 102 Å². The zero-order chi connectivity index (χ0) is 12.2. The summed E-state index contributed by atoms with van der Waals surface area (Å²) in [6.45, 7) is 7.01. The Morgan fingerprint density at radius 1 is 1.56 bits per heavy atom. The molecule has 2 unspecified atom stereocenters. The van der Waals surface area contributed by atoms with Crippen LogP contribution in [0.15, 0.2) is 5.38 Å². The number of methoxy groups -OCH3 is 1. The summed E-state index contributed by atoms with van der Waals surface area (Å²) in [5, 5.41) is 3.17. The third kappa shape index (κ3) is 2.62. The molecule has 0 spiro atoms. The van der Waals surface area contributed by atoms with E-state index in [1.165, 1.54) is 0 Å². The van der Waals surface area contributed by atoms with Gasteiger partial charge in [0.2, 0.25) is 0 Å². The molecule has 0 bridgehead atoms. The van der Waals surface area contributed by atoms with E-state index in [9.17, 15) is 0 Å². The number of nitrogens with zero attached hydrogens (tertiary/aromatic N) is 1. The zero-order valence-corrected chi connectivity index (χ0v) is 11.4. The van der Waals surface area contributed by atoms with Gasteiger partial charge in [-0.3, -0.25) is 0 Å². The van der Waals surface area contributed by atoms with Gasteiger partial charge in [-0.25, -0.2) is 4.98 Å². The molecule has 2 N–H and O–H groups in total. The first-order chi connectivity index (χ1) is 7.61. The quantitative estimate of drug-likeness (QED) is 0.834. The largest absolute Gasteiger partial charge is 0.371 e. The van der Waals surface area contributed by atoms with Gasteiger partial charge in [0.1, 0.15) is 10.6 Å². The zero-order valence-electron chi connectivity index (χ0n) is 10.6. The Hall–Kier alpha value is -0.450. The topological polar surface area (TPSA) is 48.1 Å². The van der Waals surface area contributed by atoms with E-state index in [-0.39, 0.29) is 5.60 Å². The summed E-state index contributed by atoms with van der Waals surface area (Å²) >= 11 is 1.67. The SMILES string of the molecule is CCC(CN)c1csc(C(C)(CC)OC)n1. The maximum absolute atomic E-state index is 5.73. The number of hydrogen-bond acceptors (Lipinski definition) is 4. The van der Waals surface area contributed by atoms with Crippen molar-refractivity contribution in [2.45, 2.75) is 45.1 Å². The van der Waals surface area contributed by atoms with E-state index in [0.717, 1.165) is 23.5 Å². The number of thiazole rings is 1. The molecule has 0 amide bonds. The van der Waals surface area contributed by atoms with Crippen LogP contribution < -0.4 is 5.73 Å². The fourth-order valence-corrected chi connectivity index (χ4v) is 2.71. The van der Waals surface area contributed by atoms with Gasteiger partial charge in [-0.1, -0.05) is 13.8 Å². The van der Waals surface area contributed by atoms with E-state index in [0.29, 0.717) is 12.5 Å². The van der Waals surface area contributed by atoms with Crippen LogP contribution in [0.3, 0.4) is 0 Å². The van der Waals surface area contributed by atoms with E-state index in [2.05, 4.69) is 31.1 Å². The van der Waals surface area contributed by atoms with Crippen LogP contribution >= 0.6 is 11.3 Å². The Morgan fingerprint density at radius 3 is 2.69 bits per heavy atom. The van der Waals surface area contributed by atoms with Crippen molar-refractivity contribution in [2.24, 2.45) is 5.73 Å². The average molecular weight is 242 g/mol. The maximum Gasteiger partial charge on any atom is 0.125 e. The molecule has 1 heterocycles. The molecule has 1 aromatic rings. The predicted molar refractivity (Wildman–Crippen MR) is 68.9 cm³/mol. The second kappa shape index (κ2) is 5.75. The van der Waals surface area contributed by atoms with Gasteiger partial charge in [-0.15, -0.1) is 11.3 Å². The van der Waals surface area contributed by atoms with Gasteiger partial charge >= 0.3 is 0 Å². The van der Waals surface area contributed by atoms with Gasteiger partial charge in [0.25, 0.3) is 0 Å². The van der Waals surface area contributed by atoms with Crippen molar-refractivity contribution in [1.82, 2.24) is 4.98 Å². The lowest BCUT2D eigenvalue weighted by molar-refractivity contribution is -0.00170. The van der Waals surface area contributed by atoms with Crippen LogP contribution in [0.1, 0.15) is 50.2 Å². The van der Waals surface area contributed by atoms with Crippen LogP contribution in [-0.4, -0.2) is 18.6 Å². The number of hydrogen-bond donors (Lipinski definition) is 1. The molecule has 92 valence electrons. The molecule has 0 aliphatic carbocycles. The number of aromatic nitrogens is 1.